The molecule has 0 saturated carbocycles. The second-order valence-electron chi connectivity index (χ2n) is 6.47. The van der Waals surface area contributed by atoms with Gasteiger partial charge in [-0.15, -0.1) is 11.8 Å². The Bertz CT molecular complexity index is 1020. The summed E-state index contributed by atoms with van der Waals surface area (Å²) in [5, 5.41) is 3.92. The number of nitrogens with one attached hydrogen (secondary N) is 1. The van der Waals surface area contributed by atoms with Gasteiger partial charge in [-0.25, -0.2) is 4.39 Å². The summed E-state index contributed by atoms with van der Waals surface area (Å²) in [6.07, 6.45) is 3.57. The van der Waals surface area contributed by atoms with Crippen LogP contribution in [0, 0.1) is 5.82 Å². The van der Waals surface area contributed by atoms with Crippen molar-refractivity contribution in [3.8, 4) is 0 Å². The van der Waals surface area contributed by atoms with Gasteiger partial charge in [-0.2, -0.15) is 0 Å². The molecule has 0 bridgehead atoms. The average Bonchev–Trinajstić information content (AvgIpc) is 2.74. The molecule has 7 heteroatoms. The summed E-state index contributed by atoms with van der Waals surface area (Å²) in [5.41, 5.74) is 2.46. The fourth-order valence-corrected chi connectivity index (χ4v) is 3.70. The number of thioether (sulfide) groups is 1. The lowest BCUT2D eigenvalue weighted by molar-refractivity contribution is 0.0303. The first-order valence-corrected chi connectivity index (χ1v) is 10.2. The van der Waals surface area contributed by atoms with Gasteiger partial charge in [0.25, 0.3) is 5.91 Å². The van der Waals surface area contributed by atoms with Crippen LogP contribution < -0.4 is 5.32 Å². The Morgan fingerprint density at radius 3 is 2.82 bits per heavy atom. The molecule has 4 rings (SSSR count). The van der Waals surface area contributed by atoms with Crippen molar-refractivity contribution in [2.75, 3.05) is 37.9 Å². The Kier molecular flexibility index (Phi) is 5.45. The number of ether oxygens (including phenoxy) is 1. The third-order valence-electron chi connectivity index (χ3n) is 4.70. The van der Waals surface area contributed by atoms with Crippen LogP contribution in [0.1, 0.15) is 10.4 Å². The van der Waals surface area contributed by atoms with Gasteiger partial charge in [-0.1, -0.05) is 6.07 Å². The number of hydrogen-bond acceptors (Lipinski definition) is 5. The molecule has 1 amide bonds. The van der Waals surface area contributed by atoms with E-state index in [-0.39, 0.29) is 11.7 Å². The predicted octanol–water partition coefficient (Wildman–Crippen LogP) is 4.31. The Labute approximate surface area is 166 Å². The Morgan fingerprint density at radius 1 is 1.21 bits per heavy atom. The number of halogens is 1. The number of pyridine rings is 1. The summed E-state index contributed by atoms with van der Waals surface area (Å²) in [7, 11) is 0. The first-order valence-electron chi connectivity index (χ1n) is 9.02. The molecule has 1 N–H and O–H groups in total. The third-order valence-corrected chi connectivity index (χ3v) is 5.42. The smallest absolute Gasteiger partial charge is 0.257 e. The van der Waals surface area contributed by atoms with Crippen molar-refractivity contribution in [2.45, 2.75) is 4.90 Å². The second-order valence-corrected chi connectivity index (χ2v) is 7.35. The molecule has 5 nitrogen and oxygen atoms in total. The second kappa shape index (κ2) is 8.16. The lowest BCUT2D eigenvalue weighted by Gasteiger charge is -2.28. The van der Waals surface area contributed by atoms with E-state index < -0.39 is 0 Å². The number of hydrogen-bond donors (Lipinski definition) is 1. The van der Waals surface area contributed by atoms with Gasteiger partial charge in [0.2, 0.25) is 0 Å². The highest BCUT2D eigenvalue weighted by molar-refractivity contribution is 7.98. The Balaban J connectivity index is 1.82. The SMILES string of the molecule is CSc1cccc(Nc2c(C(=O)N3CCOCC3)cnc3ccc(F)cc23)c1. The molecule has 28 heavy (non-hydrogen) atoms. The van der Waals surface area contributed by atoms with Crippen LogP contribution in [0.25, 0.3) is 10.9 Å². The van der Waals surface area contributed by atoms with E-state index in [9.17, 15) is 9.18 Å². The number of nitrogens with zero attached hydrogens (tertiary/aromatic N) is 2. The van der Waals surface area contributed by atoms with Gasteiger partial charge in [0.15, 0.2) is 0 Å². The van der Waals surface area contributed by atoms with Crippen molar-refractivity contribution in [3.05, 3.63) is 60.0 Å². The number of anilines is 2. The van der Waals surface area contributed by atoms with Gasteiger partial charge in [-0.3, -0.25) is 9.78 Å². The van der Waals surface area contributed by atoms with Crippen LogP contribution >= 0.6 is 11.8 Å². The van der Waals surface area contributed by atoms with E-state index in [0.717, 1.165) is 10.6 Å². The average molecular weight is 397 g/mol. The van der Waals surface area contributed by atoms with Crippen LogP contribution in [0.15, 0.2) is 53.6 Å². The van der Waals surface area contributed by atoms with Crippen molar-refractivity contribution < 1.29 is 13.9 Å². The number of benzene rings is 2. The van der Waals surface area contributed by atoms with Crippen LogP contribution in [-0.2, 0) is 4.74 Å². The van der Waals surface area contributed by atoms with E-state index in [1.165, 1.54) is 12.1 Å². The molecule has 1 saturated heterocycles. The Hall–Kier alpha value is -2.64. The number of amides is 1. The predicted molar refractivity (Wildman–Crippen MR) is 110 cm³/mol. The molecule has 0 atom stereocenters. The quantitative estimate of drug-likeness (QED) is 0.665. The van der Waals surface area contributed by atoms with Crippen LogP contribution in [0.2, 0.25) is 0 Å². The zero-order valence-electron chi connectivity index (χ0n) is 15.4. The number of carbonyl (C=O) groups is 1. The standard InChI is InChI=1S/C21H20FN3O2S/c1-28-16-4-2-3-15(12-16)24-20-17-11-14(22)5-6-19(17)23-13-18(20)21(26)25-7-9-27-10-8-25/h2-6,11-13H,7-10H2,1H3,(H,23,24). The van der Waals surface area contributed by atoms with Crippen molar-refractivity contribution in [1.82, 2.24) is 9.88 Å². The molecule has 3 aromatic rings. The van der Waals surface area contributed by atoms with Gasteiger partial charge < -0.3 is 15.0 Å². The number of carbonyl (C=O) groups excluding carboxylic acids is 1. The molecule has 2 aromatic carbocycles. The van der Waals surface area contributed by atoms with E-state index in [4.69, 9.17) is 4.74 Å². The van der Waals surface area contributed by atoms with E-state index in [1.807, 2.05) is 30.5 Å². The highest BCUT2D eigenvalue weighted by Crippen LogP contribution is 2.32. The van der Waals surface area contributed by atoms with Crippen LogP contribution in [0.4, 0.5) is 15.8 Å². The summed E-state index contributed by atoms with van der Waals surface area (Å²) in [6, 6.07) is 12.3. The normalized spacial score (nSPS) is 14.3. The number of fused-ring (bicyclic) bond motifs is 1. The van der Waals surface area contributed by atoms with Crippen LogP contribution in [-0.4, -0.2) is 48.4 Å². The molecule has 2 heterocycles. The summed E-state index contributed by atoms with van der Waals surface area (Å²) in [5.74, 6) is -0.503. The summed E-state index contributed by atoms with van der Waals surface area (Å²) >= 11 is 1.63. The molecule has 0 spiro atoms. The Morgan fingerprint density at radius 2 is 2.04 bits per heavy atom. The minimum atomic E-state index is -0.369. The largest absolute Gasteiger partial charge is 0.378 e. The summed E-state index contributed by atoms with van der Waals surface area (Å²) in [6.45, 7) is 2.09. The summed E-state index contributed by atoms with van der Waals surface area (Å²) < 4.78 is 19.3. The van der Waals surface area contributed by atoms with E-state index in [2.05, 4.69) is 10.3 Å². The summed E-state index contributed by atoms with van der Waals surface area (Å²) in [4.78, 5) is 20.4. The van der Waals surface area contributed by atoms with E-state index in [1.54, 1.807) is 28.9 Å². The lowest BCUT2D eigenvalue weighted by atomic mass is 10.1. The van der Waals surface area contributed by atoms with Gasteiger partial charge in [0.05, 0.1) is 30.0 Å². The van der Waals surface area contributed by atoms with Crippen molar-refractivity contribution in [3.63, 3.8) is 0 Å². The molecule has 1 aliphatic heterocycles. The zero-order valence-corrected chi connectivity index (χ0v) is 16.3. The molecule has 1 aliphatic rings. The van der Waals surface area contributed by atoms with Crippen molar-refractivity contribution in [2.24, 2.45) is 0 Å². The lowest BCUT2D eigenvalue weighted by Crippen LogP contribution is -2.41. The molecular weight excluding hydrogens is 377 g/mol. The third kappa shape index (κ3) is 3.81. The number of morpholine rings is 1. The molecule has 1 fully saturated rings. The highest BCUT2D eigenvalue weighted by atomic mass is 32.2. The fourth-order valence-electron chi connectivity index (χ4n) is 3.24. The van der Waals surface area contributed by atoms with Gasteiger partial charge in [0, 0.05) is 35.3 Å². The molecule has 0 unspecified atom stereocenters. The minimum absolute atomic E-state index is 0.134. The fraction of sp³-hybridized carbons (Fsp3) is 0.238. The van der Waals surface area contributed by atoms with E-state index >= 15 is 0 Å². The molecule has 0 radical (unpaired) electrons. The molecule has 1 aromatic heterocycles. The first kappa shape index (κ1) is 18.7. The molecule has 144 valence electrons. The number of aromatic nitrogens is 1. The minimum Gasteiger partial charge on any atom is -0.378 e. The molecular formula is C21H20FN3O2S. The van der Waals surface area contributed by atoms with E-state index in [0.29, 0.717) is 48.5 Å². The van der Waals surface area contributed by atoms with Crippen molar-refractivity contribution >= 4 is 39.9 Å². The topological polar surface area (TPSA) is 54.5 Å². The highest BCUT2D eigenvalue weighted by Gasteiger charge is 2.23. The number of rotatable bonds is 4. The van der Waals surface area contributed by atoms with Crippen LogP contribution in [0.5, 0.6) is 0 Å². The van der Waals surface area contributed by atoms with Crippen LogP contribution in [0.3, 0.4) is 0 Å². The monoisotopic (exact) mass is 397 g/mol. The zero-order chi connectivity index (χ0) is 19.5. The maximum atomic E-state index is 14.0. The van der Waals surface area contributed by atoms with Crippen molar-refractivity contribution in [1.29, 1.82) is 0 Å². The first-order chi connectivity index (χ1) is 13.7. The van der Waals surface area contributed by atoms with Gasteiger partial charge in [-0.05, 0) is 42.7 Å². The van der Waals surface area contributed by atoms with Gasteiger partial charge in [0.1, 0.15) is 5.82 Å². The maximum Gasteiger partial charge on any atom is 0.257 e. The maximum absolute atomic E-state index is 14.0. The van der Waals surface area contributed by atoms with Gasteiger partial charge >= 0.3 is 0 Å². The molecule has 0 aliphatic carbocycles.